The molecule has 2 heterocycles. The highest BCUT2D eigenvalue weighted by molar-refractivity contribution is 5.90. The number of carbonyl (C=O) groups excluding carboxylic acids is 1. The van der Waals surface area contributed by atoms with Gasteiger partial charge in [0.2, 0.25) is 0 Å². The van der Waals surface area contributed by atoms with E-state index in [1.54, 1.807) is 6.92 Å². The van der Waals surface area contributed by atoms with E-state index in [4.69, 9.17) is 0 Å². The average molecular weight is 208 g/mol. The van der Waals surface area contributed by atoms with Crippen molar-refractivity contribution in [2.75, 3.05) is 0 Å². The van der Waals surface area contributed by atoms with E-state index < -0.39 is 5.91 Å². The van der Waals surface area contributed by atoms with Crippen molar-refractivity contribution in [1.82, 2.24) is 41.1 Å². The first-order valence-corrected chi connectivity index (χ1v) is 4.17. The van der Waals surface area contributed by atoms with Gasteiger partial charge in [-0.1, -0.05) is 0 Å². The minimum absolute atomic E-state index is 0.0126. The predicted octanol–water partition coefficient (Wildman–Crippen LogP) is -1.19. The van der Waals surface area contributed by atoms with Crippen molar-refractivity contribution >= 4 is 5.91 Å². The summed E-state index contributed by atoms with van der Waals surface area (Å²) >= 11 is 0. The summed E-state index contributed by atoms with van der Waals surface area (Å²) in [7, 11) is 0. The molecule has 15 heavy (non-hydrogen) atoms. The summed E-state index contributed by atoms with van der Waals surface area (Å²) in [6.45, 7) is 1.76. The van der Waals surface area contributed by atoms with E-state index >= 15 is 0 Å². The zero-order valence-corrected chi connectivity index (χ0v) is 7.80. The summed E-state index contributed by atoms with van der Waals surface area (Å²) < 4.78 is 0. The van der Waals surface area contributed by atoms with Gasteiger partial charge in [-0.15, -0.1) is 10.2 Å². The van der Waals surface area contributed by atoms with Crippen LogP contribution in [0, 0.1) is 0 Å². The second kappa shape index (κ2) is 3.82. The molecule has 9 heteroatoms. The molecule has 1 unspecified atom stereocenters. The number of hydrogen-bond donors (Lipinski definition) is 3. The monoisotopic (exact) mass is 208 g/mol. The third kappa shape index (κ3) is 1.95. The van der Waals surface area contributed by atoms with Gasteiger partial charge in [0, 0.05) is 0 Å². The lowest BCUT2D eigenvalue weighted by molar-refractivity contribution is 0.0928. The third-order valence-corrected chi connectivity index (χ3v) is 1.74. The first kappa shape index (κ1) is 9.24. The van der Waals surface area contributed by atoms with Crippen molar-refractivity contribution in [2.45, 2.75) is 13.0 Å². The fraction of sp³-hybridized carbons (Fsp3) is 0.333. The zero-order valence-electron chi connectivity index (χ0n) is 7.80. The quantitative estimate of drug-likeness (QED) is 0.582. The number of carbonyl (C=O) groups is 1. The lowest BCUT2D eigenvalue weighted by atomic mass is 10.3. The third-order valence-electron chi connectivity index (χ3n) is 1.74. The molecule has 3 N–H and O–H groups in total. The number of hydrogen-bond acceptors (Lipinski definition) is 6. The molecule has 1 amide bonds. The van der Waals surface area contributed by atoms with Crippen LogP contribution in [-0.4, -0.2) is 41.7 Å². The molecule has 0 bridgehead atoms. The predicted molar refractivity (Wildman–Crippen MR) is 46.4 cm³/mol. The van der Waals surface area contributed by atoms with Gasteiger partial charge in [-0.05, 0) is 12.1 Å². The van der Waals surface area contributed by atoms with Crippen LogP contribution in [0.25, 0.3) is 0 Å². The molecule has 0 spiro atoms. The number of amides is 1. The van der Waals surface area contributed by atoms with Crippen molar-refractivity contribution in [3.8, 4) is 0 Å². The standard InChI is InChI=1S/C6H8N8O/c1-3(4-7-2-8-10-4)9-6(15)5-11-13-14-12-5/h2-3H,1H3,(H,9,15)(H,7,8,10)(H,11,12,13,14). The van der Waals surface area contributed by atoms with Gasteiger partial charge in [0.05, 0.1) is 6.04 Å². The van der Waals surface area contributed by atoms with Crippen molar-refractivity contribution in [3.05, 3.63) is 18.0 Å². The Morgan fingerprint density at radius 2 is 2.47 bits per heavy atom. The summed E-state index contributed by atoms with van der Waals surface area (Å²) in [5, 5.41) is 21.5. The van der Waals surface area contributed by atoms with Crippen LogP contribution in [0.4, 0.5) is 0 Å². The Bertz CT molecular complexity index is 420. The molecular formula is C6H8N8O. The Hall–Kier alpha value is -2.32. The SMILES string of the molecule is CC(NC(=O)c1nn[nH]n1)c1ncn[nH]1. The molecule has 0 saturated heterocycles. The van der Waals surface area contributed by atoms with Gasteiger partial charge in [-0.2, -0.15) is 10.3 Å². The van der Waals surface area contributed by atoms with Crippen LogP contribution in [0.1, 0.15) is 29.4 Å². The maximum atomic E-state index is 11.5. The van der Waals surface area contributed by atoms with Gasteiger partial charge in [0.25, 0.3) is 11.7 Å². The molecule has 0 fully saturated rings. The van der Waals surface area contributed by atoms with Crippen LogP contribution in [0.15, 0.2) is 6.33 Å². The van der Waals surface area contributed by atoms with Crippen LogP contribution in [0.3, 0.4) is 0 Å². The van der Waals surface area contributed by atoms with E-state index in [1.165, 1.54) is 6.33 Å². The maximum Gasteiger partial charge on any atom is 0.293 e. The van der Waals surface area contributed by atoms with Gasteiger partial charge >= 0.3 is 0 Å². The van der Waals surface area contributed by atoms with Gasteiger partial charge in [0.15, 0.2) is 0 Å². The molecule has 0 aromatic carbocycles. The molecule has 0 aliphatic heterocycles. The molecular weight excluding hydrogens is 200 g/mol. The fourth-order valence-corrected chi connectivity index (χ4v) is 1.01. The number of rotatable bonds is 3. The van der Waals surface area contributed by atoms with E-state index in [0.717, 1.165) is 0 Å². The van der Waals surface area contributed by atoms with Gasteiger partial charge < -0.3 is 5.32 Å². The largest absolute Gasteiger partial charge is 0.339 e. The minimum Gasteiger partial charge on any atom is -0.339 e. The average Bonchev–Trinajstić information content (AvgIpc) is 2.91. The number of aromatic amines is 2. The number of tetrazole rings is 1. The van der Waals surface area contributed by atoms with E-state index in [1.807, 2.05) is 0 Å². The molecule has 1 atom stereocenters. The fourth-order valence-electron chi connectivity index (χ4n) is 1.01. The van der Waals surface area contributed by atoms with E-state index in [-0.39, 0.29) is 11.9 Å². The second-order valence-electron chi connectivity index (χ2n) is 2.80. The minimum atomic E-state index is -0.423. The lowest BCUT2D eigenvalue weighted by Gasteiger charge is -2.08. The normalized spacial score (nSPS) is 12.3. The smallest absolute Gasteiger partial charge is 0.293 e. The first-order chi connectivity index (χ1) is 7.27. The summed E-state index contributed by atoms with van der Waals surface area (Å²) in [5.41, 5.74) is 0. The Labute approximate surface area is 83.7 Å². The number of H-pyrrole nitrogens is 2. The zero-order chi connectivity index (χ0) is 10.7. The Kier molecular flexibility index (Phi) is 2.35. The maximum absolute atomic E-state index is 11.5. The van der Waals surface area contributed by atoms with Gasteiger partial charge in [0.1, 0.15) is 12.2 Å². The highest BCUT2D eigenvalue weighted by Gasteiger charge is 2.16. The summed E-state index contributed by atoms with van der Waals surface area (Å²) in [6.07, 6.45) is 1.37. The van der Waals surface area contributed by atoms with Crippen LogP contribution < -0.4 is 5.32 Å². The molecule has 0 aliphatic carbocycles. The Morgan fingerprint density at radius 3 is 3.07 bits per heavy atom. The molecule has 9 nitrogen and oxygen atoms in total. The van der Waals surface area contributed by atoms with Crippen LogP contribution >= 0.6 is 0 Å². The highest BCUT2D eigenvalue weighted by Crippen LogP contribution is 2.04. The summed E-state index contributed by atoms with van der Waals surface area (Å²) in [4.78, 5) is 15.4. The van der Waals surface area contributed by atoms with Gasteiger partial charge in [-0.25, -0.2) is 4.98 Å². The highest BCUT2D eigenvalue weighted by atomic mass is 16.2. The molecule has 2 aromatic heterocycles. The number of aromatic nitrogens is 7. The molecule has 78 valence electrons. The van der Waals surface area contributed by atoms with Gasteiger partial charge in [-0.3, -0.25) is 9.89 Å². The first-order valence-electron chi connectivity index (χ1n) is 4.17. The van der Waals surface area contributed by atoms with Crippen molar-refractivity contribution in [3.63, 3.8) is 0 Å². The molecule has 2 rings (SSSR count). The number of nitrogens with one attached hydrogen (secondary N) is 3. The molecule has 2 aromatic rings. The molecule has 0 radical (unpaired) electrons. The van der Waals surface area contributed by atoms with Crippen molar-refractivity contribution in [1.29, 1.82) is 0 Å². The Morgan fingerprint density at radius 1 is 1.60 bits per heavy atom. The van der Waals surface area contributed by atoms with Crippen LogP contribution in [-0.2, 0) is 0 Å². The Balaban J connectivity index is 2.01. The second-order valence-corrected chi connectivity index (χ2v) is 2.80. The summed E-state index contributed by atoms with van der Waals surface area (Å²) in [5.74, 6) is 0.126. The van der Waals surface area contributed by atoms with E-state index in [9.17, 15) is 4.79 Å². The van der Waals surface area contributed by atoms with Crippen LogP contribution in [0.2, 0.25) is 0 Å². The lowest BCUT2D eigenvalue weighted by Crippen LogP contribution is -2.28. The van der Waals surface area contributed by atoms with Crippen LogP contribution in [0.5, 0.6) is 0 Å². The topological polar surface area (TPSA) is 125 Å². The molecule has 0 aliphatic rings. The van der Waals surface area contributed by atoms with E-state index in [2.05, 4.69) is 41.1 Å². The van der Waals surface area contributed by atoms with E-state index in [0.29, 0.717) is 5.82 Å². The number of nitrogens with zero attached hydrogens (tertiary/aromatic N) is 5. The molecule has 0 saturated carbocycles. The van der Waals surface area contributed by atoms with Crippen molar-refractivity contribution < 1.29 is 4.79 Å². The summed E-state index contributed by atoms with van der Waals surface area (Å²) in [6, 6.07) is -0.293. The van der Waals surface area contributed by atoms with Crippen molar-refractivity contribution in [2.24, 2.45) is 0 Å².